The highest BCUT2D eigenvalue weighted by molar-refractivity contribution is 9.10. The van der Waals surface area contributed by atoms with Crippen molar-refractivity contribution in [3.8, 4) is 0 Å². The molecule has 1 aliphatic rings. The summed E-state index contributed by atoms with van der Waals surface area (Å²) in [6.45, 7) is 3.92. The molecule has 0 aromatic carbocycles. The van der Waals surface area contributed by atoms with Crippen molar-refractivity contribution in [3.63, 3.8) is 0 Å². The second-order valence-electron chi connectivity index (χ2n) is 4.74. The monoisotopic (exact) mass is 297 g/mol. The Morgan fingerprint density at radius 3 is 3.06 bits per heavy atom. The number of halogens is 1. The summed E-state index contributed by atoms with van der Waals surface area (Å²) in [4.78, 5) is 6.99. The smallest absolute Gasteiger partial charge is 0.143 e. The van der Waals surface area contributed by atoms with Gasteiger partial charge in [0.25, 0.3) is 0 Å². The average Bonchev–Trinajstić information content (AvgIpc) is 2.31. The molecule has 0 aliphatic carbocycles. The number of pyridine rings is 1. The van der Waals surface area contributed by atoms with Crippen molar-refractivity contribution >= 4 is 21.7 Å². The molecule has 1 unspecified atom stereocenters. The highest BCUT2D eigenvalue weighted by Gasteiger charge is 2.24. The number of hydrogen-bond acceptors (Lipinski definition) is 3. The maximum absolute atomic E-state index is 5.70. The van der Waals surface area contributed by atoms with Crippen molar-refractivity contribution in [2.45, 2.75) is 38.6 Å². The Kier molecular flexibility index (Phi) is 4.40. The van der Waals surface area contributed by atoms with E-state index in [2.05, 4.69) is 38.8 Å². The van der Waals surface area contributed by atoms with Crippen molar-refractivity contribution in [1.29, 1.82) is 0 Å². The van der Waals surface area contributed by atoms with E-state index in [1.807, 2.05) is 6.20 Å². The molecule has 2 heterocycles. The van der Waals surface area contributed by atoms with Gasteiger partial charge in [-0.05, 0) is 66.7 Å². The molecule has 0 spiro atoms. The number of anilines is 1. The normalized spacial score (nSPS) is 20.6. The molecule has 2 N–H and O–H groups in total. The molecular formula is C13H20BrN3. The van der Waals surface area contributed by atoms with Gasteiger partial charge in [0.2, 0.25) is 0 Å². The maximum Gasteiger partial charge on any atom is 0.143 e. The number of aryl methyl sites for hydroxylation is 1. The minimum Gasteiger partial charge on any atom is -0.353 e. The van der Waals surface area contributed by atoms with E-state index in [4.69, 9.17) is 5.73 Å². The summed E-state index contributed by atoms with van der Waals surface area (Å²) in [5, 5.41) is 0. The zero-order chi connectivity index (χ0) is 12.3. The first-order valence-corrected chi connectivity index (χ1v) is 7.10. The first-order valence-electron chi connectivity index (χ1n) is 6.31. The number of rotatable bonds is 3. The van der Waals surface area contributed by atoms with Crippen LogP contribution in [0.15, 0.2) is 16.7 Å². The van der Waals surface area contributed by atoms with Gasteiger partial charge in [-0.15, -0.1) is 0 Å². The fourth-order valence-corrected chi connectivity index (χ4v) is 3.20. The standard InChI is InChI=1S/C13H20BrN3/c1-10-8-12(14)13(16-9-10)17-7-3-2-4-11(17)5-6-15/h8-9,11H,2-7,15H2,1H3. The van der Waals surface area contributed by atoms with E-state index in [9.17, 15) is 0 Å². The molecule has 0 radical (unpaired) electrons. The van der Waals surface area contributed by atoms with Crippen LogP contribution in [0, 0.1) is 6.92 Å². The van der Waals surface area contributed by atoms with Gasteiger partial charge < -0.3 is 10.6 Å². The van der Waals surface area contributed by atoms with E-state index >= 15 is 0 Å². The van der Waals surface area contributed by atoms with Crippen molar-refractivity contribution in [3.05, 3.63) is 22.3 Å². The third-order valence-corrected chi connectivity index (χ3v) is 3.94. The molecule has 94 valence electrons. The minimum atomic E-state index is 0.556. The number of piperidine rings is 1. The highest BCUT2D eigenvalue weighted by Crippen LogP contribution is 2.30. The molecule has 1 fully saturated rings. The van der Waals surface area contributed by atoms with Crippen LogP contribution in [0.5, 0.6) is 0 Å². The molecule has 1 aliphatic heterocycles. The Morgan fingerprint density at radius 1 is 1.53 bits per heavy atom. The summed E-state index contributed by atoms with van der Waals surface area (Å²) < 4.78 is 1.10. The molecule has 0 amide bonds. The Bertz CT molecular complexity index is 379. The van der Waals surface area contributed by atoms with Crippen molar-refractivity contribution in [2.24, 2.45) is 5.73 Å². The van der Waals surface area contributed by atoms with E-state index < -0.39 is 0 Å². The van der Waals surface area contributed by atoms with Gasteiger partial charge in [0.15, 0.2) is 0 Å². The van der Waals surface area contributed by atoms with Gasteiger partial charge in [-0.2, -0.15) is 0 Å². The van der Waals surface area contributed by atoms with E-state index in [-0.39, 0.29) is 0 Å². The quantitative estimate of drug-likeness (QED) is 0.933. The first kappa shape index (κ1) is 12.8. The zero-order valence-electron chi connectivity index (χ0n) is 10.3. The Balaban J connectivity index is 2.23. The molecule has 1 saturated heterocycles. The Morgan fingerprint density at radius 2 is 2.35 bits per heavy atom. The van der Waals surface area contributed by atoms with Gasteiger partial charge in [-0.1, -0.05) is 0 Å². The average molecular weight is 298 g/mol. The van der Waals surface area contributed by atoms with Gasteiger partial charge in [-0.25, -0.2) is 4.98 Å². The number of hydrogen-bond donors (Lipinski definition) is 1. The summed E-state index contributed by atoms with van der Waals surface area (Å²) >= 11 is 3.63. The molecule has 0 bridgehead atoms. The lowest BCUT2D eigenvalue weighted by atomic mass is 9.99. The fraction of sp³-hybridized carbons (Fsp3) is 0.615. The summed E-state index contributed by atoms with van der Waals surface area (Å²) in [6, 6.07) is 2.69. The number of aromatic nitrogens is 1. The SMILES string of the molecule is Cc1cnc(N2CCCCC2CCN)c(Br)c1. The zero-order valence-corrected chi connectivity index (χ0v) is 11.9. The lowest BCUT2D eigenvalue weighted by Crippen LogP contribution is -2.41. The number of nitrogens with two attached hydrogens (primary N) is 1. The van der Waals surface area contributed by atoms with Gasteiger partial charge in [-0.3, -0.25) is 0 Å². The summed E-state index contributed by atoms with van der Waals surface area (Å²) in [5.74, 6) is 1.08. The molecule has 2 rings (SSSR count). The molecule has 0 saturated carbocycles. The first-order chi connectivity index (χ1) is 8.22. The fourth-order valence-electron chi connectivity index (χ4n) is 2.51. The predicted molar refractivity (Wildman–Crippen MR) is 75.3 cm³/mol. The van der Waals surface area contributed by atoms with E-state index in [1.165, 1.54) is 24.8 Å². The molecule has 1 aromatic rings. The Hall–Kier alpha value is -0.610. The topological polar surface area (TPSA) is 42.2 Å². The minimum absolute atomic E-state index is 0.556. The molecular weight excluding hydrogens is 278 g/mol. The molecule has 1 aromatic heterocycles. The van der Waals surface area contributed by atoms with Crippen molar-refractivity contribution in [2.75, 3.05) is 18.0 Å². The molecule has 4 heteroatoms. The second kappa shape index (κ2) is 5.83. The van der Waals surface area contributed by atoms with Crippen LogP contribution in [0.2, 0.25) is 0 Å². The van der Waals surface area contributed by atoms with E-state index in [0.29, 0.717) is 6.04 Å². The third kappa shape index (κ3) is 2.99. The highest BCUT2D eigenvalue weighted by atomic mass is 79.9. The lowest BCUT2D eigenvalue weighted by molar-refractivity contribution is 0.438. The van der Waals surface area contributed by atoms with Crippen molar-refractivity contribution < 1.29 is 0 Å². The van der Waals surface area contributed by atoms with Gasteiger partial charge in [0.05, 0.1) is 4.47 Å². The van der Waals surface area contributed by atoms with Gasteiger partial charge in [0, 0.05) is 18.8 Å². The molecule has 3 nitrogen and oxygen atoms in total. The van der Waals surface area contributed by atoms with Crippen LogP contribution < -0.4 is 10.6 Å². The summed E-state index contributed by atoms with van der Waals surface area (Å²) in [5.41, 5.74) is 6.89. The lowest BCUT2D eigenvalue weighted by Gasteiger charge is -2.37. The van der Waals surface area contributed by atoms with Crippen LogP contribution in [-0.2, 0) is 0 Å². The summed E-state index contributed by atoms with van der Waals surface area (Å²) in [6.07, 6.45) is 6.79. The second-order valence-corrected chi connectivity index (χ2v) is 5.59. The maximum atomic E-state index is 5.70. The molecule has 17 heavy (non-hydrogen) atoms. The predicted octanol–water partition coefficient (Wildman–Crippen LogP) is 2.86. The summed E-state index contributed by atoms with van der Waals surface area (Å²) in [7, 11) is 0. The van der Waals surface area contributed by atoms with Crippen LogP contribution in [0.3, 0.4) is 0 Å². The van der Waals surface area contributed by atoms with Crippen molar-refractivity contribution in [1.82, 2.24) is 4.98 Å². The van der Waals surface area contributed by atoms with E-state index in [1.54, 1.807) is 0 Å². The van der Waals surface area contributed by atoms with Crippen LogP contribution in [0.25, 0.3) is 0 Å². The van der Waals surface area contributed by atoms with Crippen LogP contribution in [0.1, 0.15) is 31.2 Å². The molecule has 1 atom stereocenters. The van der Waals surface area contributed by atoms with Gasteiger partial charge in [0.1, 0.15) is 5.82 Å². The van der Waals surface area contributed by atoms with Crippen LogP contribution in [0.4, 0.5) is 5.82 Å². The third-order valence-electron chi connectivity index (χ3n) is 3.36. The van der Waals surface area contributed by atoms with Crippen LogP contribution in [-0.4, -0.2) is 24.1 Å². The Labute approximate surface area is 112 Å². The van der Waals surface area contributed by atoms with Gasteiger partial charge >= 0.3 is 0 Å². The number of nitrogens with zero attached hydrogens (tertiary/aromatic N) is 2. The largest absolute Gasteiger partial charge is 0.353 e. The van der Waals surface area contributed by atoms with E-state index in [0.717, 1.165) is 29.8 Å². The van der Waals surface area contributed by atoms with Crippen LogP contribution >= 0.6 is 15.9 Å².